The summed E-state index contributed by atoms with van der Waals surface area (Å²) in [5.41, 5.74) is -0.537. The summed E-state index contributed by atoms with van der Waals surface area (Å²) in [6.07, 6.45) is 3.43. The monoisotopic (exact) mass is 651 g/mol. The molecule has 0 bridgehead atoms. The Morgan fingerprint density at radius 2 is 1.00 bits per heavy atom. The van der Waals surface area contributed by atoms with E-state index in [-0.39, 0.29) is 147 Å². The van der Waals surface area contributed by atoms with Crippen LogP contribution in [-0.4, -0.2) is 45.4 Å². The maximum absolute atomic E-state index is 10.9. The molecule has 1 heterocycles. The van der Waals surface area contributed by atoms with Crippen molar-refractivity contribution < 1.29 is 163 Å². The van der Waals surface area contributed by atoms with E-state index in [1.807, 2.05) is 6.92 Å². The number of carbonyl (C=O) groups excluding carboxylic acids is 4. The van der Waals surface area contributed by atoms with E-state index in [1.54, 1.807) is 0 Å². The Kier molecular flexibility index (Phi) is 22.9. The van der Waals surface area contributed by atoms with E-state index in [4.69, 9.17) is 4.74 Å². The zero-order valence-corrected chi connectivity index (χ0v) is 33.4. The van der Waals surface area contributed by atoms with Crippen molar-refractivity contribution in [1.29, 1.82) is 0 Å². The van der Waals surface area contributed by atoms with Crippen LogP contribution in [0, 0.1) is 0 Å². The smallest absolute Gasteiger partial charge is 0.545 e. The predicted molar refractivity (Wildman–Crippen MR) is 136 cm³/mol. The number of nitrogens with zero attached hydrogens (tertiary/aromatic N) is 3. The van der Waals surface area contributed by atoms with Crippen molar-refractivity contribution in [2.45, 2.75) is 19.8 Å². The van der Waals surface area contributed by atoms with Gasteiger partial charge in [-0.05, 0) is 54.0 Å². The largest absolute Gasteiger partial charge is 1.00 e. The minimum atomic E-state index is -1.88. The molecule has 0 saturated heterocycles. The molecule has 0 aliphatic heterocycles. The molecule has 0 aliphatic rings. The SMILES string of the molecule is CCCCOc1nc(Nc2ccc(C=C(C(=O)[O-])C(=O)[O-])cc2)nc(Nc2ccc(C=C(C(=O)[O-])C(=O)[O-])cc2)n1.[Na+].[Na+].[Na+].[Na+]. The molecule has 45 heavy (non-hydrogen) atoms. The molecule has 2 N–H and O–H groups in total. The molecule has 212 valence electrons. The van der Waals surface area contributed by atoms with E-state index in [0.29, 0.717) is 18.0 Å². The van der Waals surface area contributed by atoms with Gasteiger partial charge in [0.05, 0.1) is 30.5 Å². The van der Waals surface area contributed by atoms with Crippen LogP contribution in [0.2, 0.25) is 0 Å². The molecule has 0 unspecified atom stereocenters. The standard InChI is InChI=1S/C27H25N5O9.4Na/c1-2-3-12-41-27-31-25(28-17-8-4-15(5-9-17)13-19(21(33)34)22(35)36)30-26(32-27)29-18-10-6-16(7-11-18)14-20(23(37)38)24(39)40;;;;/h4-11,13-14H,2-3,12H2,1H3,(H,33,34)(H,35,36)(H,37,38)(H,39,40)(H2,28,29,30,31,32);;;;/q;4*+1/p-4. The molecule has 0 spiro atoms. The van der Waals surface area contributed by atoms with E-state index >= 15 is 0 Å². The van der Waals surface area contributed by atoms with E-state index in [2.05, 4.69) is 25.6 Å². The van der Waals surface area contributed by atoms with Gasteiger partial charge in [-0.15, -0.1) is 0 Å². The van der Waals surface area contributed by atoms with Crippen molar-refractivity contribution in [2.24, 2.45) is 0 Å². The normalized spacial score (nSPS) is 9.27. The molecule has 18 heteroatoms. The number of benzene rings is 2. The minimum Gasteiger partial charge on any atom is -0.545 e. The summed E-state index contributed by atoms with van der Waals surface area (Å²) in [4.78, 5) is 56.5. The Bertz CT molecular complexity index is 1380. The summed E-state index contributed by atoms with van der Waals surface area (Å²) >= 11 is 0. The number of hydrogen-bond donors (Lipinski definition) is 2. The molecule has 0 saturated carbocycles. The van der Waals surface area contributed by atoms with Crippen LogP contribution >= 0.6 is 0 Å². The number of hydrogen-bond acceptors (Lipinski definition) is 14. The number of carboxylic acid groups (broad SMARTS) is 4. The van der Waals surface area contributed by atoms with Gasteiger partial charge in [0.15, 0.2) is 0 Å². The second-order valence-electron chi connectivity index (χ2n) is 8.23. The van der Waals surface area contributed by atoms with Crippen molar-refractivity contribution in [3.05, 3.63) is 70.8 Å². The molecule has 2 aromatic carbocycles. The number of carboxylic acids is 4. The molecule has 0 radical (unpaired) electrons. The second kappa shape index (κ2) is 22.7. The zero-order valence-electron chi connectivity index (χ0n) is 25.4. The first-order valence-corrected chi connectivity index (χ1v) is 12.0. The summed E-state index contributed by atoms with van der Waals surface area (Å²) < 4.78 is 5.61. The van der Waals surface area contributed by atoms with Crippen LogP contribution in [0.3, 0.4) is 0 Å². The van der Waals surface area contributed by atoms with Crippen LogP contribution in [0.5, 0.6) is 6.01 Å². The molecule has 1 aromatic heterocycles. The molecule has 0 aliphatic carbocycles. The number of ether oxygens (including phenoxy) is 1. The third-order valence-corrected chi connectivity index (χ3v) is 5.18. The first kappa shape index (κ1) is 45.3. The van der Waals surface area contributed by atoms with Crippen LogP contribution in [-0.2, 0) is 19.2 Å². The Labute approximate surface area is 346 Å². The van der Waals surface area contributed by atoms with Gasteiger partial charge < -0.3 is 55.0 Å². The van der Waals surface area contributed by atoms with Crippen LogP contribution in [0.15, 0.2) is 59.7 Å². The number of nitrogens with one attached hydrogen (secondary N) is 2. The zero-order chi connectivity index (χ0) is 29.9. The molecule has 3 aromatic rings. The second-order valence-corrected chi connectivity index (χ2v) is 8.23. The summed E-state index contributed by atoms with van der Waals surface area (Å²) in [5.74, 6) is -7.35. The first-order chi connectivity index (χ1) is 19.5. The predicted octanol–water partition coefficient (Wildman–Crippen LogP) is -13.7. The van der Waals surface area contributed by atoms with Gasteiger partial charge in [0.1, 0.15) is 0 Å². The van der Waals surface area contributed by atoms with Crippen molar-refractivity contribution >= 4 is 59.3 Å². The van der Waals surface area contributed by atoms with Gasteiger partial charge in [-0.25, -0.2) is 0 Å². The van der Waals surface area contributed by atoms with E-state index in [1.165, 1.54) is 48.5 Å². The molecule has 3 rings (SSSR count). The van der Waals surface area contributed by atoms with E-state index < -0.39 is 35.0 Å². The first-order valence-electron chi connectivity index (χ1n) is 12.0. The van der Waals surface area contributed by atoms with Gasteiger partial charge >= 0.3 is 124 Å². The van der Waals surface area contributed by atoms with Crippen molar-refractivity contribution in [1.82, 2.24) is 15.0 Å². The molecular formula is C27H21N5Na4O9. The topological polar surface area (TPSA) is 232 Å². The van der Waals surface area contributed by atoms with Gasteiger partial charge in [0, 0.05) is 22.5 Å². The average Bonchev–Trinajstić information content (AvgIpc) is 2.91. The molecule has 14 nitrogen and oxygen atoms in total. The number of rotatable bonds is 14. The maximum atomic E-state index is 10.9. The van der Waals surface area contributed by atoms with Crippen LogP contribution < -0.4 is 154 Å². The molecular weight excluding hydrogens is 630 g/mol. The van der Waals surface area contributed by atoms with Gasteiger partial charge in [-0.2, -0.15) is 15.0 Å². The quantitative estimate of drug-likeness (QED) is 0.0542. The molecule has 0 amide bonds. The van der Waals surface area contributed by atoms with Crippen LogP contribution in [0.1, 0.15) is 30.9 Å². The van der Waals surface area contributed by atoms with Crippen molar-refractivity contribution in [3.63, 3.8) is 0 Å². The fourth-order valence-corrected chi connectivity index (χ4v) is 3.16. The molecule has 0 atom stereocenters. The van der Waals surface area contributed by atoms with E-state index in [9.17, 15) is 39.6 Å². The Morgan fingerprint density at radius 1 is 0.644 bits per heavy atom. The number of aromatic nitrogens is 3. The number of unbranched alkanes of at least 4 members (excludes halogenated alkanes) is 1. The van der Waals surface area contributed by atoms with Crippen LogP contribution in [0.25, 0.3) is 12.2 Å². The fourth-order valence-electron chi connectivity index (χ4n) is 3.16. The number of aliphatic carboxylic acids is 4. The average molecular weight is 651 g/mol. The summed E-state index contributed by atoms with van der Waals surface area (Å²) in [6, 6.07) is 11.9. The third-order valence-electron chi connectivity index (χ3n) is 5.18. The van der Waals surface area contributed by atoms with Gasteiger partial charge in [0.25, 0.3) is 0 Å². The van der Waals surface area contributed by atoms with Crippen LogP contribution in [0.4, 0.5) is 23.3 Å². The third kappa shape index (κ3) is 15.1. The molecule has 0 fully saturated rings. The minimum absolute atomic E-state index is 0. The number of carbonyl (C=O) groups is 4. The Hall–Kier alpha value is -1.79. The summed E-state index contributed by atoms with van der Waals surface area (Å²) in [7, 11) is 0. The Morgan fingerprint density at radius 3 is 1.31 bits per heavy atom. The van der Waals surface area contributed by atoms with Gasteiger partial charge in [-0.1, -0.05) is 37.6 Å². The summed E-state index contributed by atoms with van der Waals surface area (Å²) in [5, 5.41) is 49.7. The Balaban J connectivity index is 0. The van der Waals surface area contributed by atoms with Gasteiger partial charge in [0.2, 0.25) is 11.9 Å². The van der Waals surface area contributed by atoms with Crippen molar-refractivity contribution in [3.8, 4) is 6.01 Å². The maximum Gasteiger partial charge on any atom is 1.00 e. The summed E-state index contributed by atoms with van der Waals surface area (Å²) in [6.45, 7) is 2.33. The van der Waals surface area contributed by atoms with Crippen molar-refractivity contribution in [2.75, 3.05) is 17.2 Å². The fraction of sp³-hybridized carbons (Fsp3) is 0.148. The number of anilines is 4. The van der Waals surface area contributed by atoms with Gasteiger partial charge in [-0.3, -0.25) is 0 Å². The van der Waals surface area contributed by atoms with E-state index in [0.717, 1.165) is 25.0 Å².